The van der Waals surface area contributed by atoms with Crippen LogP contribution in [-0.4, -0.2) is 32.6 Å². The largest absolute Gasteiger partial charge is 0.453 e. The van der Waals surface area contributed by atoms with Gasteiger partial charge >= 0.3 is 6.09 Å². The molecule has 0 aliphatic heterocycles. The molecule has 23 heavy (non-hydrogen) atoms. The number of aryl methyl sites for hydroxylation is 1. The lowest BCUT2D eigenvalue weighted by Gasteiger charge is -2.15. The van der Waals surface area contributed by atoms with Crippen LogP contribution in [0.4, 0.5) is 10.6 Å². The van der Waals surface area contributed by atoms with Crippen molar-refractivity contribution in [2.45, 2.75) is 10.7 Å². The molecule has 0 fully saturated rings. The molecule has 2 rings (SSSR count). The number of ether oxygens (including phenoxy) is 1. The van der Waals surface area contributed by atoms with Crippen LogP contribution in [0.3, 0.4) is 0 Å². The minimum absolute atomic E-state index is 0.188. The number of amides is 1. The van der Waals surface area contributed by atoms with Gasteiger partial charge in [-0.25, -0.2) is 14.5 Å². The number of halogens is 3. The summed E-state index contributed by atoms with van der Waals surface area (Å²) in [5.74, 6) is 0.206. The number of carbonyl (C=O) groups excluding carboxylic acids is 1. The molecule has 2 aromatic rings. The Bertz CT molecular complexity index is 723. The van der Waals surface area contributed by atoms with Gasteiger partial charge < -0.3 is 4.74 Å². The predicted octanol–water partition coefficient (Wildman–Crippen LogP) is 3.94. The molecule has 1 aromatic carbocycles. The molecule has 0 saturated heterocycles. The Morgan fingerprint density at radius 2 is 1.96 bits per heavy atom. The summed E-state index contributed by atoms with van der Waals surface area (Å²) in [6, 6.07) is 11.0. The molecule has 0 atom stereocenters. The number of rotatable bonds is 2. The monoisotopic (exact) mass is 374 g/mol. The summed E-state index contributed by atoms with van der Waals surface area (Å²) >= 11 is 17.6. The van der Waals surface area contributed by atoms with E-state index >= 15 is 0 Å². The van der Waals surface area contributed by atoms with Gasteiger partial charge in [0.2, 0.25) is 3.79 Å². The van der Waals surface area contributed by atoms with Gasteiger partial charge in [0.05, 0.1) is 18.5 Å². The van der Waals surface area contributed by atoms with Crippen molar-refractivity contribution in [1.29, 1.82) is 0 Å². The van der Waals surface area contributed by atoms with Gasteiger partial charge in [0.25, 0.3) is 0 Å². The van der Waals surface area contributed by atoms with Crippen molar-refractivity contribution in [1.82, 2.24) is 15.1 Å². The summed E-state index contributed by atoms with van der Waals surface area (Å²) in [6.45, 7) is 1.81. The molecule has 0 spiro atoms. The Morgan fingerprint density at radius 3 is 2.52 bits per heavy atom. The number of hydrogen-bond donors (Lipinski definition) is 1. The van der Waals surface area contributed by atoms with Crippen molar-refractivity contribution in [3.63, 3.8) is 0 Å². The number of para-hydroxylation sites is 1. The van der Waals surface area contributed by atoms with Crippen LogP contribution in [0.2, 0.25) is 0 Å². The first-order valence-electron chi connectivity index (χ1n) is 6.44. The zero-order valence-electron chi connectivity index (χ0n) is 12.3. The van der Waals surface area contributed by atoms with Crippen LogP contribution < -0.4 is 5.32 Å². The minimum atomic E-state index is -1.94. The van der Waals surface area contributed by atoms with E-state index in [9.17, 15) is 4.79 Å². The highest BCUT2D eigenvalue weighted by Gasteiger charge is 2.30. The molecule has 0 saturated carbocycles. The van der Waals surface area contributed by atoms with Crippen molar-refractivity contribution in [3.8, 4) is 5.69 Å². The number of hydrogen-bond acceptors (Lipinski definition) is 4. The molecule has 9 heteroatoms. The van der Waals surface area contributed by atoms with Crippen LogP contribution in [0.5, 0.6) is 0 Å². The number of methoxy groups -OCH3 is 1. The third-order valence-corrected chi connectivity index (χ3v) is 3.25. The van der Waals surface area contributed by atoms with E-state index in [0.29, 0.717) is 11.5 Å². The number of benzene rings is 1. The van der Waals surface area contributed by atoms with Gasteiger partial charge in [-0.2, -0.15) is 5.10 Å². The number of carbonyl (C=O) groups is 1. The summed E-state index contributed by atoms with van der Waals surface area (Å²) in [4.78, 5) is 15.6. The molecule has 1 heterocycles. The lowest BCUT2D eigenvalue weighted by Crippen LogP contribution is -2.39. The standard InChI is InChI=1S/C14H13Cl3N4O2/c1-9-8-11(21(20-9)10-6-4-3-5-7-10)18-12(14(15,16)17)19-13(22)23-2/h3-8H,1-2H3,(H,18,19,22). The van der Waals surface area contributed by atoms with E-state index in [4.69, 9.17) is 34.8 Å². The Balaban J connectivity index is 2.49. The summed E-state index contributed by atoms with van der Waals surface area (Å²) in [5.41, 5.74) is 1.50. The lowest BCUT2D eigenvalue weighted by atomic mass is 10.3. The Labute approximate surface area is 148 Å². The zero-order valence-corrected chi connectivity index (χ0v) is 14.5. The van der Waals surface area contributed by atoms with E-state index in [2.05, 4.69) is 20.1 Å². The number of nitrogens with one attached hydrogen (secondary N) is 1. The second-order valence-electron chi connectivity index (χ2n) is 4.47. The summed E-state index contributed by atoms with van der Waals surface area (Å²) < 4.78 is 4.14. The number of aliphatic imine (C=N–C) groups is 1. The second-order valence-corrected chi connectivity index (χ2v) is 6.75. The van der Waals surface area contributed by atoms with E-state index in [-0.39, 0.29) is 5.84 Å². The number of aromatic nitrogens is 2. The third kappa shape index (κ3) is 4.60. The molecule has 0 bridgehead atoms. The molecule has 0 aliphatic carbocycles. The number of alkyl halides is 3. The maximum Gasteiger partial charge on any atom is 0.412 e. The zero-order chi connectivity index (χ0) is 17.0. The van der Waals surface area contributed by atoms with Gasteiger partial charge in [-0.3, -0.25) is 5.32 Å². The third-order valence-electron chi connectivity index (χ3n) is 2.71. The van der Waals surface area contributed by atoms with Crippen LogP contribution in [0.1, 0.15) is 5.69 Å². The molecular weight excluding hydrogens is 363 g/mol. The fraction of sp³-hybridized carbons (Fsp3) is 0.214. The van der Waals surface area contributed by atoms with Crippen LogP contribution in [0.15, 0.2) is 41.4 Å². The fourth-order valence-corrected chi connectivity index (χ4v) is 2.02. The average molecular weight is 376 g/mol. The topological polar surface area (TPSA) is 68.5 Å². The van der Waals surface area contributed by atoms with Crippen molar-refractivity contribution < 1.29 is 9.53 Å². The smallest absolute Gasteiger partial charge is 0.412 e. The van der Waals surface area contributed by atoms with Gasteiger partial charge in [-0.1, -0.05) is 53.0 Å². The van der Waals surface area contributed by atoms with E-state index in [1.165, 1.54) is 7.11 Å². The molecular formula is C14H13Cl3N4O2. The molecule has 0 aliphatic rings. The quantitative estimate of drug-likeness (QED) is 0.491. The van der Waals surface area contributed by atoms with E-state index in [1.54, 1.807) is 17.7 Å². The fourth-order valence-electron chi connectivity index (χ4n) is 1.75. The van der Waals surface area contributed by atoms with E-state index < -0.39 is 9.89 Å². The van der Waals surface area contributed by atoms with Crippen molar-refractivity contribution in [2.75, 3.05) is 7.11 Å². The molecule has 0 unspecified atom stereocenters. The average Bonchev–Trinajstić information content (AvgIpc) is 2.87. The second kappa shape index (κ2) is 7.21. The summed E-state index contributed by atoms with van der Waals surface area (Å²) in [5, 5.41) is 6.65. The Hall–Kier alpha value is -1.76. The molecule has 1 amide bonds. The predicted molar refractivity (Wildman–Crippen MR) is 91.2 cm³/mol. The highest BCUT2D eigenvalue weighted by Crippen LogP contribution is 2.30. The number of nitrogens with zero attached hydrogens (tertiary/aromatic N) is 3. The van der Waals surface area contributed by atoms with Gasteiger partial charge in [0, 0.05) is 6.07 Å². The van der Waals surface area contributed by atoms with Crippen molar-refractivity contribution >= 4 is 52.5 Å². The summed E-state index contributed by atoms with van der Waals surface area (Å²) in [7, 11) is 1.20. The normalized spacial score (nSPS) is 12.1. The number of amidine groups is 1. The Morgan fingerprint density at radius 1 is 1.30 bits per heavy atom. The van der Waals surface area contributed by atoms with Gasteiger partial charge in [-0.15, -0.1) is 0 Å². The molecule has 1 aromatic heterocycles. The highest BCUT2D eigenvalue weighted by atomic mass is 35.6. The van der Waals surface area contributed by atoms with Crippen molar-refractivity contribution in [3.05, 3.63) is 42.1 Å². The first-order valence-corrected chi connectivity index (χ1v) is 7.57. The van der Waals surface area contributed by atoms with Gasteiger partial charge in [0.1, 0.15) is 0 Å². The van der Waals surface area contributed by atoms with Gasteiger partial charge in [0.15, 0.2) is 11.7 Å². The highest BCUT2D eigenvalue weighted by molar-refractivity contribution is 6.77. The molecule has 0 radical (unpaired) electrons. The summed E-state index contributed by atoms with van der Waals surface area (Å²) in [6.07, 6.45) is -0.794. The Kier molecular flexibility index (Phi) is 5.51. The first-order chi connectivity index (χ1) is 10.8. The molecule has 122 valence electrons. The van der Waals surface area contributed by atoms with Crippen molar-refractivity contribution in [2.24, 2.45) is 4.99 Å². The molecule has 6 nitrogen and oxygen atoms in total. The van der Waals surface area contributed by atoms with E-state index in [1.807, 2.05) is 30.3 Å². The maximum absolute atomic E-state index is 11.4. The SMILES string of the molecule is COC(=O)N/C(=N\c1cc(C)nn1-c1ccccc1)C(Cl)(Cl)Cl. The number of alkyl carbamates (subject to hydrolysis) is 1. The first kappa shape index (κ1) is 17.6. The van der Waals surface area contributed by atoms with E-state index in [0.717, 1.165) is 5.69 Å². The lowest BCUT2D eigenvalue weighted by molar-refractivity contribution is 0.176. The van der Waals surface area contributed by atoms with Crippen LogP contribution in [-0.2, 0) is 4.74 Å². The molecule has 1 N–H and O–H groups in total. The van der Waals surface area contributed by atoms with Crippen LogP contribution in [0, 0.1) is 6.92 Å². The minimum Gasteiger partial charge on any atom is -0.453 e. The van der Waals surface area contributed by atoms with Gasteiger partial charge in [-0.05, 0) is 19.1 Å². The van der Waals surface area contributed by atoms with Crippen LogP contribution in [0.25, 0.3) is 5.69 Å². The van der Waals surface area contributed by atoms with Crippen LogP contribution >= 0.6 is 34.8 Å². The maximum atomic E-state index is 11.4.